The maximum absolute atomic E-state index is 10.6. The molecule has 6 heteroatoms. The van der Waals surface area contributed by atoms with Crippen molar-refractivity contribution in [2.75, 3.05) is 6.54 Å². The molecule has 0 aromatic carbocycles. The molecule has 1 aliphatic heterocycles. The highest BCUT2D eigenvalue weighted by Gasteiger charge is 2.07. The van der Waals surface area contributed by atoms with Crippen LogP contribution in [-0.4, -0.2) is 23.0 Å². The number of aliphatic imine (C=N–C) groups is 2. The Labute approximate surface area is 66.9 Å². The topological polar surface area (TPSA) is 53.8 Å². The molecule has 0 atom stereocenters. The van der Waals surface area contributed by atoms with Crippen molar-refractivity contribution in [2.24, 2.45) is 9.98 Å². The highest BCUT2D eigenvalue weighted by atomic mass is 35.5. The van der Waals surface area contributed by atoms with E-state index in [2.05, 4.69) is 15.3 Å². The first kappa shape index (κ1) is 7.50. The summed E-state index contributed by atoms with van der Waals surface area (Å²) in [5.41, 5.74) is 0. The number of nitrogens with one attached hydrogen (secondary N) is 1. The molecule has 0 aromatic heterocycles. The van der Waals surface area contributed by atoms with Crippen LogP contribution >= 0.6 is 23.2 Å². The third-order valence-electron chi connectivity index (χ3n) is 0.786. The summed E-state index contributed by atoms with van der Waals surface area (Å²) in [6.45, 7) is -0.0292. The molecule has 1 N–H and O–H groups in total. The van der Waals surface area contributed by atoms with Gasteiger partial charge in [0.2, 0.25) is 16.5 Å². The van der Waals surface area contributed by atoms with Gasteiger partial charge >= 0.3 is 0 Å². The molecule has 0 unspecified atom stereocenters. The zero-order chi connectivity index (χ0) is 7.56. The van der Waals surface area contributed by atoms with Crippen LogP contribution in [0.1, 0.15) is 0 Å². The minimum Gasteiger partial charge on any atom is -0.299 e. The predicted molar refractivity (Wildman–Crippen MR) is 39.6 cm³/mol. The number of carbonyl (C=O) groups is 1. The summed E-state index contributed by atoms with van der Waals surface area (Å²) in [7, 11) is 0. The molecule has 4 nitrogen and oxygen atoms in total. The number of hydrogen-bond acceptors (Lipinski definition) is 3. The average molecular weight is 180 g/mol. The maximum atomic E-state index is 10.6. The number of amides is 1. The van der Waals surface area contributed by atoms with Gasteiger partial charge in [0.15, 0.2) is 0 Å². The van der Waals surface area contributed by atoms with Gasteiger partial charge in [-0.25, -0.2) is 4.99 Å². The molecule has 1 amide bonds. The first-order valence-electron chi connectivity index (χ1n) is 2.42. The molecule has 0 aromatic rings. The van der Waals surface area contributed by atoms with Crippen LogP contribution in [0.5, 0.6) is 0 Å². The maximum Gasteiger partial charge on any atom is 0.247 e. The lowest BCUT2D eigenvalue weighted by Crippen LogP contribution is -2.27. The average Bonchev–Trinajstić information content (AvgIpc) is 1.93. The fraction of sp³-hybridized carbons (Fsp3) is 0.250. The van der Waals surface area contributed by atoms with E-state index >= 15 is 0 Å². The number of carbonyl (C=O) groups excluding carboxylic acids is 1. The standard InChI is InChI=1S/C4H3Cl2N3O/c5-3-7-1-2(10)8-4(6)9-3/h1H2,(H,7,8,9,10). The number of halogens is 2. The van der Waals surface area contributed by atoms with Crippen molar-refractivity contribution in [3.05, 3.63) is 0 Å². The number of amidine groups is 2. The van der Waals surface area contributed by atoms with Crippen LogP contribution in [0.15, 0.2) is 9.98 Å². The SMILES string of the molecule is O=C1CN=C(Cl)N=C(Cl)N1. The van der Waals surface area contributed by atoms with E-state index in [1.807, 2.05) is 0 Å². The van der Waals surface area contributed by atoms with Crippen LogP contribution < -0.4 is 5.32 Å². The Morgan fingerprint density at radius 3 is 2.90 bits per heavy atom. The molecule has 0 bridgehead atoms. The second-order valence-corrected chi connectivity index (χ2v) is 2.23. The van der Waals surface area contributed by atoms with Crippen LogP contribution in [0.2, 0.25) is 0 Å². The van der Waals surface area contributed by atoms with Gasteiger partial charge in [-0.15, -0.1) is 0 Å². The molecule has 0 fully saturated rings. The van der Waals surface area contributed by atoms with Crippen LogP contribution in [0.4, 0.5) is 0 Å². The fourth-order valence-electron chi connectivity index (χ4n) is 0.436. The Morgan fingerprint density at radius 2 is 2.20 bits per heavy atom. The summed E-state index contributed by atoms with van der Waals surface area (Å²) in [4.78, 5) is 17.6. The Balaban J connectivity index is 2.81. The van der Waals surface area contributed by atoms with E-state index in [0.717, 1.165) is 0 Å². The fourth-order valence-corrected chi connectivity index (χ4v) is 0.809. The van der Waals surface area contributed by atoms with Crippen LogP contribution in [0.25, 0.3) is 0 Å². The van der Waals surface area contributed by atoms with Gasteiger partial charge in [0.25, 0.3) is 0 Å². The molecule has 10 heavy (non-hydrogen) atoms. The molecule has 0 radical (unpaired) electrons. The van der Waals surface area contributed by atoms with Gasteiger partial charge in [-0.2, -0.15) is 4.99 Å². The lowest BCUT2D eigenvalue weighted by atomic mass is 10.6. The summed E-state index contributed by atoms with van der Waals surface area (Å²) in [5, 5.41) is 2.19. The Bertz CT molecular complexity index is 223. The molecule has 0 aliphatic carbocycles. The largest absolute Gasteiger partial charge is 0.299 e. The highest BCUT2D eigenvalue weighted by molar-refractivity contribution is 6.72. The summed E-state index contributed by atoms with van der Waals surface area (Å²) < 4.78 is 0. The first-order valence-corrected chi connectivity index (χ1v) is 3.18. The third kappa shape index (κ3) is 1.97. The van der Waals surface area contributed by atoms with Gasteiger partial charge in [0.1, 0.15) is 6.54 Å². The Hall–Kier alpha value is -0.610. The van der Waals surface area contributed by atoms with Crippen LogP contribution in [-0.2, 0) is 4.79 Å². The van der Waals surface area contributed by atoms with Crippen molar-refractivity contribution in [1.29, 1.82) is 0 Å². The molecule has 0 spiro atoms. The number of hydrogen-bond donors (Lipinski definition) is 1. The van der Waals surface area contributed by atoms with E-state index < -0.39 is 0 Å². The van der Waals surface area contributed by atoms with Gasteiger partial charge in [-0.05, 0) is 23.2 Å². The molecule has 54 valence electrons. The molecule has 1 heterocycles. The first-order chi connectivity index (χ1) is 4.68. The van der Waals surface area contributed by atoms with E-state index in [1.165, 1.54) is 0 Å². The van der Waals surface area contributed by atoms with Crippen molar-refractivity contribution < 1.29 is 4.79 Å². The van der Waals surface area contributed by atoms with Crippen molar-refractivity contribution in [2.45, 2.75) is 0 Å². The summed E-state index contributed by atoms with van der Waals surface area (Å²) >= 11 is 10.7. The van der Waals surface area contributed by atoms with E-state index in [4.69, 9.17) is 23.2 Å². The number of rotatable bonds is 0. The monoisotopic (exact) mass is 179 g/mol. The van der Waals surface area contributed by atoms with Gasteiger partial charge in [-0.3, -0.25) is 10.1 Å². The molecule has 0 saturated carbocycles. The van der Waals surface area contributed by atoms with Crippen molar-refractivity contribution in [1.82, 2.24) is 5.32 Å². The van der Waals surface area contributed by atoms with E-state index in [-0.39, 0.29) is 23.0 Å². The quantitative estimate of drug-likeness (QED) is 0.535. The van der Waals surface area contributed by atoms with Gasteiger partial charge in [0, 0.05) is 0 Å². The molecular formula is C4H3Cl2N3O. The summed E-state index contributed by atoms with van der Waals surface area (Å²) in [6, 6.07) is 0. The second-order valence-electron chi connectivity index (χ2n) is 1.54. The lowest BCUT2D eigenvalue weighted by molar-refractivity contribution is -0.118. The molecule has 1 aliphatic rings. The molecular weight excluding hydrogens is 177 g/mol. The predicted octanol–water partition coefficient (Wildman–Crippen LogP) is 0.306. The van der Waals surface area contributed by atoms with Crippen LogP contribution in [0, 0.1) is 0 Å². The minimum atomic E-state index is -0.315. The Morgan fingerprint density at radius 1 is 1.50 bits per heavy atom. The second kappa shape index (κ2) is 2.98. The summed E-state index contributed by atoms with van der Waals surface area (Å²) in [6.07, 6.45) is 0. The molecule has 0 saturated heterocycles. The highest BCUT2D eigenvalue weighted by Crippen LogP contribution is 1.95. The van der Waals surface area contributed by atoms with Gasteiger partial charge in [0.05, 0.1) is 0 Å². The van der Waals surface area contributed by atoms with Crippen molar-refractivity contribution >= 4 is 39.7 Å². The van der Waals surface area contributed by atoms with E-state index in [0.29, 0.717) is 0 Å². The lowest BCUT2D eigenvalue weighted by Gasteiger charge is -1.92. The minimum absolute atomic E-state index is 0.0108. The van der Waals surface area contributed by atoms with E-state index in [9.17, 15) is 4.79 Å². The van der Waals surface area contributed by atoms with Gasteiger partial charge in [-0.1, -0.05) is 0 Å². The van der Waals surface area contributed by atoms with Crippen molar-refractivity contribution in [3.8, 4) is 0 Å². The summed E-state index contributed by atoms with van der Waals surface area (Å²) in [5.74, 6) is -0.315. The van der Waals surface area contributed by atoms with Crippen LogP contribution in [0.3, 0.4) is 0 Å². The Kier molecular flexibility index (Phi) is 2.24. The third-order valence-corrected chi connectivity index (χ3v) is 1.17. The van der Waals surface area contributed by atoms with Gasteiger partial charge < -0.3 is 0 Å². The zero-order valence-electron chi connectivity index (χ0n) is 4.77. The number of nitrogens with zero attached hydrogens (tertiary/aromatic N) is 2. The smallest absolute Gasteiger partial charge is 0.247 e. The van der Waals surface area contributed by atoms with E-state index in [1.54, 1.807) is 0 Å². The normalized spacial score (nSPS) is 18.8. The van der Waals surface area contributed by atoms with Crippen molar-refractivity contribution in [3.63, 3.8) is 0 Å². The molecule has 1 rings (SSSR count). The zero-order valence-corrected chi connectivity index (χ0v) is 6.28.